The summed E-state index contributed by atoms with van der Waals surface area (Å²) < 4.78 is 0. The summed E-state index contributed by atoms with van der Waals surface area (Å²) in [4.78, 5) is 27.2. The van der Waals surface area contributed by atoms with Crippen molar-refractivity contribution >= 4 is 11.9 Å². The minimum atomic E-state index is -0.203. The fourth-order valence-corrected chi connectivity index (χ4v) is 2.80. The second kappa shape index (κ2) is 6.89. The van der Waals surface area contributed by atoms with Gasteiger partial charge in [0.15, 0.2) is 0 Å². The number of amides is 3. The lowest BCUT2D eigenvalue weighted by Crippen LogP contribution is -2.57. The molecule has 6 nitrogen and oxygen atoms in total. The number of benzene rings is 1. The van der Waals surface area contributed by atoms with E-state index in [1.54, 1.807) is 16.8 Å². The summed E-state index contributed by atoms with van der Waals surface area (Å²) in [7, 11) is 1.76. The standard InChI is InChI=1S/C17H25N3O3/c1-11-7-14(8-12(2)16(11)22)5-6-18-17(23)20-9-13(3)19(4)15(21)10-20/h7-8,13,22H,5-6,9-10H2,1-4H3,(H,18,23). The molecule has 1 fully saturated rings. The highest BCUT2D eigenvalue weighted by Crippen LogP contribution is 2.22. The van der Waals surface area contributed by atoms with E-state index in [1.807, 2.05) is 32.9 Å². The monoisotopic (exact) mass is 319 g/mol. The van der Waals surface area contributed by atoms with Crippen LogP contribution in [0.5, 0.6) is 5.75 Å². The Morgan fingerprint density at radius 3 is 2.52 bits per heavy atom. The summed E-state index contributed by atoms with van der Waals surface area (Å²) in [5.74, 6) is 0.284. The van der Waals surface area contributed by atoms with Gasteiger partial charge >= 0.3 is 6.03 Å². The maximum atomic E-state index is 12.2. The molecular formula is C17H25N3O3. The van der Waals surface area contributed by atoms with Crippen molar-refractivity contribution in [2.24, 2.45) is 0 Å². The molecular weight excluding hydrogens is 294 g/mol. The minimum Gasteiger partial charge on any atom is -0.507 e. The SMILES string of the molecule is Cc1cc(CCNC(=O)N2CC(=O)N(C)C(C)C2)cc(C)c1O. The molecule has 0 saturated carbocycles. The summed E-state index contributed by atoms with van der Waals surface area (Å²) in [5.41, 5.74) is 2.75. The van der Waals surface area contributed by atoms with Gasteiger partial charge in [-0.3, -0.25) is 4.79 Å². The summed E-state index contributed by atoms with van der Waals surface area (Å²) in [6, 6.07) is 3.68. The lowest BCUT2D eigenvalue weighted by atomic mass is 10.0. The van der Waals surface area contributed by atoms with Gasteiger partial charge in [-0.1, -0.05) is 12.1 Å². The molecule has 1 saturated heterocycles. The Labute approximate surface area is 137 Å². The summed E-state index contributed by atoms with van der Waals surface area (Å²) in [6.45, 7) is 6.83. The fraction of sp³-hybridized carbons (Fsp3) is 0.529. The van der Waals surface area contributed by atoms with Crippen LogP contribution in [-0.2, 0) is 11.2 Å². The molecule has 2 N–H and O–H groups in total. The number of rotatable bonds is 3. The first-order valence-electron chi connectivity index (χ1n) is 7.87. The first kappa shape index (κ1) is 17.1. The highest BCUT2D eigenvalue weighted by atomic mass is 16.3. The van der Waals surface area contributed by atoms with E-state index < -0.39 is 0 Å². The largest absolute Gasteiger partial charge is 0.507 e. The number of hydrogen-bond donors (Lipinski definition) is 2. The van der Waals surface area contributed by atoms with E-state index in [4.69, 9.17) is 0 Å². The molecule has 1 aliphatic rings. The van der Waals surface area contributed by atoms with Crippen LogP contribution in [0.25, 0.3) is 0 Å². The van der Waals surface area contributed by atoms with Gasteiger partial charge in [0.1, 0.15) is 12.3 Å². The van der Waals surface area contributed by atoms with Gasteiger partial charge in [0.25, 0.3) is 0 Å². The molecule has 1 atom stereocenters. The summed E-state index contributed by atoms with van der Waals surface area (Å²) in [5, 5.41) is 12.6. The third-order valence-corrected chi connectivity index (χ3v) is 4.39. The maximum absolute atomic E-state index is 12.2. The van der Waals surface area contributed by atoms with E-state index in [-0.39, 0.29) is 24.5 Å². The summed E-state index contributed by atoms with van der Waals surface area (Å²) >= 11 is 0. The molecule has 0 bridgehead atoms. The molecule has 2 rings (SSSR count). The average Bonchev–Trinajstić information content (AvgIpc) is 2.49. The number of nitrogens with one attached hydrogen (secondary N) is 1. The number of aromatic hydroxyl groups is 1. The first-order valence-corrected chi connectivity index (χ1v) is 7.87. The van der Waals surface area contributed by atoms with Crippen molar-refractivity contribution < 1.29 is 14.7 Å². The highest BCUT2D eigenvalue weighted by Gasteiger charge is 2.29. The van der Waals surface area contributed by atoms with E-state index in [9.17, 15) is 14.7 Å². The van der Waals surface area contributed by atoms with E-state index in [2.05, 4.69) is 5.32 Å². The Kier molecular flexibility index (Phi) is 5.13. The van der Waals surface area contributed by atoms with Crippen molar-refractivity contribution in [3.8, 4) is 5.75 Å². The van der Waals surface area contributed by atoms with Gasteiger partial charge in [0.05, 0.1) is 0 Å². The van der Waals surface area contributed by atoms with E-state index in [0.29, 0.717) is 25.3 Å². The van der Waals surface area contributed by atoms with Crippen LogP contribution in [0, 0.1) is 13.8 Å². The minimum absolute atomic E-state index is 0.0318. The van der Waals surface area contributed by atoms with E-state index in [0.717, 1.165) is 16.7 Å². The molecule has 23 heavy (non-hydrogen) atoms. The van der Waals surface area contributed by atoms with Gasteiger partial charge in [0.2, 0.25) is 5.91 Å². The predicted octanol–water partition coefficient (Wildman–Crippen LogP) is 1.42. The zero-order valence-corrected chi connectivity index (χ0v) is 14.2. The number of phenols is 1. The lowest BCUT2D eigenvalue weighted by Gasteiger charge is -2.37. The topological polar surface area (TPSA) is 72.9 Å². The number of urea groups is 1. The Morgan fingerprint density at radius 1 is 1.35 bits per heavy atom. The molecule has 0 aliphatic carbocycles. The number of likely N-dealkylation sites (N-methyl/N-ethyl adjacent to an activating group) is 1. The van der Waals surface area contributed by atoms with Crippen LogP contribution in [0.2, 0.25) is 0 Å². The van der Waals surface area contributed by atoms with Crippen molar-refractivity contribution in [1.82, 2.24) is 15.1 Å². The molecule has 0 spiro atoms. The predicted molar refractivity (Wildman–Crippen MR) is 88.5 cm³/mol. The van der Waals surface area contributed by atoms with Crippen molar-refractivity contribution in [3.63, 3.8) is 0 Å². The number of hydrogen-bond acceptors (Lipinski definition) is 3. The smallest absolute Gasteiger partial charge is 0.317 e. The quantitative estimate of drug-likeness (QED) is 0.885. The van der Waals surface area contributed by atoms with Gasteiger partial charge in [-0.2, -0.15) is 0 Å². The van der Waals surface area contributed by atoms with Gasteiger partial charge in [0, 0.05) is 26.2 Å². The molecule has 1 heterocycles. The van der Waals surface area contributed by atoms with Gasteiger partial charge in [-0.05, 0) is 43.9 Å². The van der Waals surface area contributed by atoms with Crippen molar-refractivity contribution in [3.05, 3.63) is 28.8 Å². The van der Waals surface area contributed by atoms with Crippen LogP contribution in [0.15, 0.2) is 12.1 Å². The van der Waals surface area contributed by atoms with Crippen LogP contribution < -0.4 is 5.32 Å². The Bertz CT molecular complexity index is 592. The Balaban J connectivity index is 1.87. The normalized spacial score (nSPS) is 18.3. The molecule has 1 aromatic rings. The van der Waals surface area contributed by atoms with Crippen LogP contribution in [0.1, 0.15) is 23.6 Å². The molecule has 126 valence electrons. The van der Waals surface area contributed by atoms with E-state index >= 15 is 0 Å². The number of carbonyl (C=O) groups excluding carboxylic acids is 2. The van der Waals surface area contributed by atoms with Crippen LogP contribution in [-0.4, -0.2) is 59.6 Å². The fourth-order valence-electron chi connectivity index (χ4n) is 2.80. The van der Waals surface area contributed by atoms with Gasteiger partial charge < -0.3 is 20.2 Å². The molecule has 3 amide bonds. The summed E-state index contributed by atoms with van der Waals surface area (Å²) in [6.07, 6.45) is 0.685. The maximum Gasteiger partial charge on any atom is 0.317 e. The van der Waals surface area contributed by atoms with E-state index in [1.165, 1.54) is 0 Å². The zero-order valence-electron chi connectivity index (χ0n) is 14.2. The number of carbonyl (C=O) groups is 2. The molecule has 0 aromatic heterocycles. The second-order valence-electron chi connectivity index (χ2n) is 6.29. The third kappa shape index (κ3) is 3.94. The van der Waals surface area contributed by atoms with Crippen LogP contribution in [0.3, 0.4) is 0 Å². The lowest BCUT2D eigenvalue weighted by molar-refractivity contribution is -0.135. The highest BCUT2D eigenvalue weighted by molar-refractivity contribution is 5.85. The van der Waals surface area contributed by atoms with Crippen molar-refractivity contribution in [2.45, 2.75) is 33.2 Å². The average molecular weight is 319 g/mol. The van der Waals surface area contributed by atoms with Crippen LogP contribution >= 0.6 is 0 Å². The molecule has 1 aromatic carbocycles. The van der Waals surface area contributed by atoms with Crippen LogP contribution in [0.4, 0.5) is 4.79 Å². The molecule has 1 unspecified atom stereocenters. The Morgan fingerprint density at radius 2 is 1.96 bits per heavy atom. The first-order chi connectivity index (χ1) is 10.8. The number of phenolic OH excluding ortho intramolecular Hbond substituents is 1. The molecule has 1 aliphatic heterocycles. The van der Waals surface area contributed by atoms with Crippen molar-refractivity contribution in [1.29, 1.82) is 0 Å². The molecule has 6 heteroatoms. The zero-order chi connectivity index (χ0) is 17.1. The van der Waals surface area contributed by atoms with Crippen molar-refractivity contribution in [2.75, 3.05) is 26.7 Å². The number of nitrogens with zero attached hydrogens (tertiary/aromatic N) is 2. The molecule has 0 radical (unpaired) electrons. The number of aryl methyl sites for hydroxylation is 2. The van der Waals surface area contributed by atoms with Gasteiger partial charge in [-0.15, -0.1) is 0 Å². The second-order valence-corrected chi connectivity index (χ2v) is 6.29. The third-order valence-electron chi connectivity index (χ3n) is 4.39. The Hall–Kier alpha value is -2.24. The van der Waals surface area contributed by atoms with Gasteiger partial charge in [-0.25, -0.2) is 4.79 Å². The number of piperazine rings is 1.